The Morgan fingerprint density at radius 1 is 0.826 bits per heavy atom. The van der Waals surface area contributed by atoms with Crippen molar-refractivity contribution in [2.75, 3.05) is 0 Å². The van der Waals surface area contributed by atoms with Crippen molar-refractivity contribution in [2.24, 2.45) is 0 Å². The topological polar surface area (TPSA) is 74.6 Å². The van der Waals surface area contributed by atoms with Gasteiger partial charge < -0.3 is 10.2 Å². The maximum atomic E-state index is 10.9. The lowest BCUT2D eigenvalue weighted by Crippen LogP contribution is -2.15. The Balaban J connectivity index is 2.11. The van der Waals surface area contributed by atoms with Gasteiger partial charge in [0.05, 0.1) is 12.8 Å². The molecule has 2 aromatic carbocycles. The predicted octanol–water partition coefficient (Wildman–Crippen LogP) is 3.25. The molecule has 0 atom stereocenters. The highest BCUT2D eigenvalue weighted by molar-refractivity contribution is 5.83. The molecule has 0 radical (unpaired) electrons. The second kappa shape index (κ2) is 5.23. The van der Waals surface area contributed by atoms with Gasteiger partial charge in [0.2, 0.25) is 0 Å². The highest BCUT2D eigenvalue weighted by Crippen LogP contribution is 2.49. The number of hydrogen-bond acceptors (Lipinski definition) is 2. The zero-order valence-corrected chi connectivity index (χ0v) is 13.1. The van der Waals surface area contributed by atoms with Crippen LogP contribution >= 0.6 is 0 Å². The molecule has 2 N–H and O–H groups in total. The highest BCUT2D eigenvalue weighted by atomic mass is 16.4. The molecule has 0 saturated heterocycles. The van der Waals surface area contributed by atoms with Crippen molar-refractivity contribution in [3.8, 4) is 11.1 Å². The Hall–Kier alpha value is -2.62. The lowest BCUT2D eigenvalue weighted by molar-refractivity contribution is -0.137. The Morgan fingerprint density at radius 3 is 2.00 bits per heavy atom. The number of carboxylic acid groups (broad SMARTS) is 2. The minimum atomic E-state index is -0.848. The molecule has 4 heteroatoms. The maximum Gasteiger partial charge on any atom is 0.307 e. The number of hydrogen-bond donors (Lipinski definition) is 2. The van der Waals surface area contributed by atoms with Crippen LogP contribution in [0.2, 0.25) is 0 Å². The molecule has 0 aliphatic heterocycles. The number of fused-ring (bicyclic) bond motifs is 3. The minimum absolute atomic E-state index is 0.000139. The van der Waals surface area contributed by atoms with E-state index in [0.29, 0.717) is 0 Å². The van der Waals surface area contributed by atoms with E-state index in [4.69, 9.17) is 10.2 Å². The highest BCUT2D eigenvalue weighted by Gasteiger charge is 2.35. The zero-order valence-electron chi connectivity index (χ0n) is 13.1. The molecule has 4 nitrogen and oxygen atoms in total. The van der Waals surface area contributed by atoms with E-state index in [2.05, 4.69) is 13.8 Å². The monoisotopic (exact) mass is 310 g/mol. The first-order chi connectivity index (χ1) is 10.8. The van der Waals surface area contributed by atoms with Gasteiger partial charge in [0.15, 0.2) is 0 Å². The maximum absolute atomic E-state index is 10.9. The van der Waals surface area contributed by atoms with Gasteiger partial charge in [0.25, 0.3) is 0 Å². The summed E-state index contributed by atoms with van der Waals surface area (Å²) in [6, 6.07) is 11.5. The fourth-order valence-electron chi connectivity index (χ4n) is 3.42. The summed E-state index contributed by atoms with van der Waals surface area (Å²) in [4.78, 5) is 21.9. The van der Waals surface area contributed by atoms with Crippen molar-refractivity contribution in [3.63, 3.8) is 0 Å². The molecular weight excluding hydrogens is 292 g/mol. The van der Waals surface area contributed by atoms with E-state index in [1.165, 1.54) is 0 Å². The van der Waals surface area contributed by atoms with Gasteiger partial charge in [-0.1, -0.05) is 50.2 Å². The third-order valence-corrected chi connectivity index (χ3v) is 4.52. The fraction of sp³-hybridized carbons (Fsp3) is 0.263. The second-order valence-corrected chi connectivity index (χ2v) is 6.53. The van der Waals surface area contributed by atoms with E-state index in [-0.39, 0.29) is 18.3 Å². The number of rotatable bonds is 4. The van der Waals surface area contributed by atoms with Crippen LogP contribution in [0.25, 0.3) is 11.1 Å². The van der Waals surface area contributed by atoms with Crippen LogP contribution in [0.4, 0.5) is 0 Å². The SMILES string of the molecule is CC1(C)c2ccc(CC(=O)O)cc2-c2ccc(CC(=O)O)cc21. The quantitative estimate of drug-likeness (QED) is 0.909. The third-order valence-electron chi connectivity index (χ3n) is 4.52. The molecule has 0 spiro atoms. The third kappa shape index (κ3) is 2.61. The van der Waals surface area contributed by atoms with Crippen molar-refractivity contribution >= 4 is 11.9 Å². The first-order valence-corrected chi connectivity index (χ1v) is 7.50. The van der Waals surface area contributed by atoms with Crippen molar-refractivity contribution in [1.29, 1.82) is 0 Å². The van der Waals surface area contributed by atoms with E-state index >= 15 is 0 Å². The largest absolute Gasteiger partial charge is 0.481 e. The molecular formula is C19H18O4. The summed E-state index contributed by atoms with van der Waals surface area (Å²) in [5.41, 5.74) is 5.68. The molecule has 0 amide bonds. The Labute approximate surface area is 134 Å². The molecule has 1 aliphatic carbocycles. The first kappa shape index (κ1) is 15.3. The van der Waals surface area contributed by atoms with E-state index in [1.54, 1.807) is 0 Å². The van der Waals surface area contributed by atoms with Crippen LogP contribution in [0.1, 0.15) is 36.1 Å². The molecule has 1 aliphatic rings. The Morgan fingerprint density at radius 2 is 1.39 bits per heavy atom. The summed E-state index contributed by atoms with van der Waals surface area (Å²) in [5, 5.41) is 18.0. The van der Waals surface area contributed by atoms with Crippen LogP contribution in [0.3, 0.4) is 0 Å². The molecule has 23 heavy (non-hydrogen) atoms. The van der Waals surface area contributed by atoms with Gasteiger partial charge in [-0.3, -0.25) is 9.59 Å². The van der Waals surface area contributed by atoms with Crippen LogP contribution in [-0.2, 0) is 27.8 Å². The predicted molar refractivity (Wildman–Crippen MR) is 86.7 cm³/mol. The molecule has 0 bridgehead atoms. The van der Waals surface area contributed by atoms with Gasteiger partial charge in [0, 0.05) is 5.41 Å². The number of benzene rings is 2. The number of carboxylic acids is 2. The normalized spacial score (nSPS) is 14.2. The molecule has 0 unspecified atom stereocenters. The summed E-state index contributed by atoms with van der Waals surface area (Å²) < 4.78 is 0. The summed E-state index contributed by atoms with van der Waals surface area (Å²) in [6.45, 7) is 4.22. The van der Waals surface area contributed by atoms with Crippen LogP contribution in [0.5, 0.6) is 0 Å². The molecule has 0 fully saturated rings. The summed E-state index contributed by atoms with van der Waals surface area (Å²) >= 11 is 0. The zero-order chi connectivity index (χ0) is 16.8. The van der Waals surface area contributed by atoms with Gasteiger partial charge in [-0.2, -0.15) is 0 Å². The molecule has 0 aromatic heterocycles. The van der Waals surface area contributed by atoms with E-state index in [9.17, 15) is 9.59 Å². The van der Waals surface area contributed by atoms with Crippen LogP contribution < -0.4 is 0 Å². The van der Waals surface area contributed by atoms with Crippen molar-refractivity contribution in [1.82, 2.24) is 0 Å². The lowest BCUT2D eigenvalue weighted by Gasteiger charge is -2.22. The van der Waals surface area contributed by atoms with Crippen molar-refractivity contribution < 1.29 is 19.8 Å². The number of carbonyl (C=O) groups is 2. The van der Waals surface area contributed by atoms with E-state index < -0.39 is 11.9 Å². The van der Waals surface area contributed by atoms with Crippen molar-refractivity contribution in [2.45, 2.75) is 32.1 Å². The number of aliphatic carboxylic acids is 2. The van der Waals surface area contributed by atoms with Gasteiger partial charge >= 0.3 is 11.9 Å². The van der Waals surface area contributed by atoms with E-state index in [1.807, 2.05) is 36.4 Å². The van der Waals surface area contributed by atoms with Gasteiger partial charge in [-0.25, -0.2) is 0 Å². The summed E-state index contributed by atoms with van der Waals surface area (Å²) in [7, 11) is 0. The second-order valence-electron chi connectivity index (χ2n) is 6.53. The van der Waals surface area contributed by atoms with Gasteiger partial charge in [-0.15, -0.1) is 0 Å². The van der Waals surface area contributed by atoms with E-state index in [0.717, 1.165) is 33.4 Å². The molecule has 118 valence electrons. The van der Waals surface area contributed by atoms with Crippen LogP contribution in [0.15, 0.2) is 36.4 Å². The molecule has 2 aromatic rings. The average molecular weight is 310 g/mol. The van der Waals surface area contributed by atoms with Gasteiger partial charge in [-0.05, 0) is 33.4 Å². The molecule has 0 heterocycles. The summed E-state index contributed by atoms with van der Waals surface area (Å²) in [6.07, 6.45) is 0.00408. The Kier molecular flexibility index (Phi) is 3.48. The molecule has 0 saturated carbocycles. The standard InChI is InChI=1S/C19H18O4/c1-19(2)15-6-4-11(9-17(20)21)7-14(15)13-5-3-12(8-16(13)19)10-18(22)23/h3-8H,9-10H2,1-2H3,(H,20,21)(H,22,23). The van der Waals surface area contributed by atoms with Crippen molar-refractivity contribution in [3.05, 3.63) is 58.7 Å². The Bertz CT molecular complexity index is 818. The lowest BCUT2D eigenvalue weighted by atomic mass is 9.81. The first-order valence-electron chi connectivity index (χ1n) is 7.50. The average Bonchev–Trinajstić information content (AvgIpc) is 2.66. The summed E-state index contributed by atoms with van der Waals surface area (Å²) in [5.74, 6) is -1.69. The van der Waals surface area contributed by atoms with Crippen LogP contribution in [0, 0.1) is 0 Å². The fourth-order valence-corrected chi connectivity index (χ4v) is 3.42. The smallest absolute Gasteiger partial charge is 0.307 e. The molecule has 3 rings (SSSR count). The minimum Gasteiger partial charge on any atom is -0.481 e. The van der Waals surface area contributed by atoms with Crippen LogP contribution in [-0.4, -0.2) is 22.2 Å². The van der Waals surface area contributed by atoms with Gasteiger partial charge in [0.1, 0.15) is 0 Å².